The number of nitrogens with one attached hydrogen (secondary N) is 1. The van der Waals surface area contributed by atoms with Gasteiger partial charge in [0.15, 0.2) is 11.5 Å². The Kier molecular flexibility index (Phi) is 6.12. The van der Waals surface area contributed by atoms with Gasteiger partial charge in [0.25, 0.3) is 0 Å². The molecule has 0 radical (unpaired) electrons. The van der Waals surface area contributed by atoms with Crippen molar-refractivity contribution >= 4 is 23.6 Å². The van der Waals surface area contributed by atoms with Crippen molar-refractivity contribution in [2.75, 3.05) is 19.8 Å². The lowest BCUT2D eigenvalue weighted by Crippen LogP contribution is -2.23. The highest BCUT2D eigenvalue weighted by Gasteiger charge is 2.14. The molecule has 6 heteroatoms. The van der Waals surface area contributed by atoms with Gasteiger partial charge in [-0.25, -0.2) is 4.39 Å². The molecule has 0 atom stereocenters. The zero-order valence-electron chi connectivity index (χ0n) is 14.1. The van der Waals surface area contributed by atoms with E-state index in [4.69, 9.17) is 21.1 Å². The molecule has 1 aliphatic heterocycles. The van der Waals surface area contributed by atoms with Crippen LogP contribution >= 0.6 is 11.6 Å². The quantitative estimate of drug-likeness (QED) is 0.803. The van der Waals surface area contributed by atoms with E-state index in [1.807, 2.05) is 0 Å². The van der Waals surface area contributed by atoms with E-state index in [1.54, 1.807) is 36.4 Å². The largest absolute Gasteiger partial charge is 0.489 e. The second-order valence-corrected chi connectivity index (χ2v) is 6.25. The lowest BCUT2D eigenvalue weighted by molar-refractivity contribution is -0.116. The molecule has 26 heavy (non-hydrogen) atoms. The predicted molar refractivity (Wildman–Crippen MR) is 99.2 cm³/mol. The van der Waals surface area contributed by atoms with Gasteiger partial charge in [-0.05, 0) is 41.8 Å². The van der Waals surface area contributed by atoms with Crippen LogP contribution in [-0.2, 0) is 11.2 Å². The second kappa shape index (κ2) is 8.72. The van der Waals surface area contributed by atoms with E-state index in [2.05, 4.69) is 5.32 Å². The number of benzene rings is 2. The molecule has 2 aromatic carbocycles. The standard InChI is InChI=1S/C20H19ClFNO3/c21-16-12-14(13-18-20(16)26-11-3-10-25-18)6-7-19(24)23-9-8-15-4-1-2-5-17(15)22/h1-2,4-7,12-13H,3,8-11H2,(H,23,24)/b7-6+. The molecule has 0 unspecified atom stereocenters. The molecule has 0 bridgehead atoms. The van der Waals surface area contributed by atoms with E-state index in [-0.39, 0.29) is 11.7 Å². The van der Waals surface area contributed by atoms with Crippen LogP contribution in [0, 0.1) is 5.82 Å². The normalized spacial score (nSPS) is 13.5. The third kappa shape index (κ3) is 4.76. The van der Waals surface area contributed by atoms with Crippen LogP contribution in [0.3, 0.4) is 0 Å². The molecule has 1 N–H and O–H groups in total. The Morgan fingerprint density at radius 2 is 2.04 bits per heavy atom. The Bertz CT molecular complexity index is 823. The lowest BCUT2D eigenvalue weighted by Gasteiger charge is -2.10. The molecule has 3 rings (SSSR count). The van der Waals surface area contributed by atoms with Crippen LogP contribution in [0.5, 0.6) is 11.5 Å². The number of hydrogen-bond donors (Lipinski definition) is 1. The molecule has 1 aliphatic rings. The SMILES string of the molecule is O=C(/C=C/c1cc(Cl)c2c(c1)OCCCO2)NCCc1ccccc1F. The molecular weight excluding hydrogens is 357 g/mol. The number of amides is 1. The second-order valence-electron chi connectivity index (χ2n) is 5.85. The van der Waals surface area contributed by atoms with Gasteiger partial charge < -0.3 is 14.8 Å². The number of ether oxygens (including phenoxy) is 2. The first kappa shape index (κ1) is 18.3. The maximum atomic E-state index is 13.5. The number of hydrogen-bond acceptors (Lipinski definition) is 3. The third-order valence-electron chi connectivity index (χ3n) is 3.90. The van der Waals surface area contributed by atoms with E-state index in [1.165, 1.54) is 12.1 Å². The number of halogens is 2. The summed E-state index contributed by atoms with van der Waals surface area (Å²) < 4.78 is 24.7. The Hall–Kier alpha value is -2.53. The smallest absolute Gasteiger partial charge is 0.244 e. The van der Waals surface area contributed by atoms with Gasteiger partial charge in [0.05, 0.1) is 18.2 Å². The summed E-state index contributed by atoms with van der Waals surface area (Å²) in [6.45, 7) is 1.48. The Morgan fingerprint density at radius 1 is 1.23 bits per heavy atom. The zero-order valence-corrected chi connectivity index (χ0v) is 14.9. The van der Waals surface area contributed by atoms with Crippen LogP contribution in [0.1, 0.15) is 17.5 Å². The van der Waals surface area contributed by atoms with Gasteiger partial charge in [-0.3, -0.25) is 4.79 Å². The van der Waals surface area contributed by atoms with Crippen molar-refractivity contribution < 1.29 is 18.7 Å². The summed E-state index contributed by atoms with van der Waals surface area (Å²) in [6.07, 6.45) is 4.29. The van der Waals surface area contributed by atoms with Gasteiger partial charge >= 0.3 is 0 Å². The zero-order chi connectivity index (χ0) is 18.4. The molecule has 0 saturated heterocycles. The molecule has 0 aliphatic carbocycles. The first-order chi connectivity index (χ1) is 12.6. The summed E-state index contributed by atoms with van der Waals surface area (Å²) in [4.78, 5) is 11.9. The van der Waals surface area contributed by atoms with Gasteiger partial charge in [0.2, 0.25) is 5.91 Å². The molecule has 1 amide bonds. The average Bonchev–Trinajstić information content (AvgIpc) is 2.87. The van der Waals surface area contributed by atoms with Gasteiger partial charge in [0, 0.05) is 19.0 Å². The summed E-state index contributed by atoms with van der Waals surface area (Å²) in [6, 6.07) is 10.0. The van der Waals surface area contributed by atoms with E-state index in [0.717, 1.165) is 12.0 Å². The molecule has 0 saturated carbocycles. The summed E-state index contributed by atoms with van der Waals surface area (Å²) in [5.74, 6) is 0.592. The molecule has 2 aromatic rings. The third-order valence-corrected chi connectivity index (χ3v) is 4.18. The van der Waals surface area contributed by atoms with Crippen molar-refractivity contribution in [1.29, 1.82) is 0 Å². The van der Waals surface area contributed by atoms with Gasteiger partial charge in [-0.15, -0.1) is 0 Å². The van der Waals surface area contributed by atoms with Crippen molar-refractivity contribution in [3.8, 4) is 11.5 Å². The number of rotatable bonds is 5. The van der Waals surface area contributed by atoms with Crippen molar-refractivity contribution in [2.45, 2.75) is 12.8 Å². The van der Waals surface area contributed by atoms with Crippen LogP contribution in [-0.4, -0.2) is 25.7 Å². The van der Waals surface area contributed by atoms with Gasteiger partial charge in [-0.2, -0.15) is 0 Å². The highest BCUT2D eigenvalue weighted by atomic mass is 35.5. The van der Waals surface area contributed by atoms with Crippen molar-refractivity contribution in [3.05, 3.63) is 64.4 Å². The fraction of sp³-hybridized carbons (Fsp3) is 0.250. The van der Waals surface area contributed by atoms with Crippen molar-refractivity contribution in [1.82, 2.24) is 5.32 Å². The van der Waals surface area contributed by atoms with E-state index < -0.39 is 0 Å². The summed E-state index contributed by atoms with van der Waals surface area (Å²) >= 11 is 6.23. The molecular formula is C20H19ClFNO3. The molecule has 1 heterocycles. The first-order valence-corrected chi connectivity index (χ1v) is 8.80. The molecule has 0 spiro atoms. The number of fused-ring (bicyclic) bond motifs is 1. The predicted octanol–water partition coefficient (Wildman–Crippen LogP) is 4.01. The molecule has 136 valence electrons. The van der Waals surface area contributed by atoms with Crippen LogP contribution in [0.15, 0.2) is 42.5 Å². The minimum Gasteiger partial charge on any atom is -0.489 e. The number of carbonyl (C=O) groups excluding carboxylic acids is 1. The topological polar surface area (TPSA) is 47.6 Å². The van der Waals surface area contributed by atoms with Gasteiger partial charge in [-0.1, -0.05) is 29.8 Å². The maximum absolute atomic E-state index is 13.5. The monoisotopic (exact) mass is 375 g/mol. The fourth-order valence-corrected chi connectivity index (χ4v) is 2.87. The fourth-order valence-electron chi connectivity index (χ4n) is 2.60. The van der Waals surface area contributed by atoms with E-state index in [9.17, 15) is 9.18 Å². The summed E-state index contributed by atoms with van der Waals surface area (Å²) in [7, 11) is 0. The molecule has 0 fully saturated rings. The highest BCUT2D eigenvalue weighted by molar-refractivity contribution is 6.32. The lowest BCUT2D eigenvalue weighted by atomic mass is 10.1. The Balaban J connectivity index is 1.57. The number of carbonyl (C=O) groups is 1. The van der Waals surface area contributed by atoms with Crippen LogP contribution < -0.4 is 14.8 Å². The van der Waals surface area contributed by atoms with Crippen LogP contribution in [0.2, 0.25) is 5.02 Å². The Labute approximate surface area is 156 Å². The summed E-state index contributed by atoms with van der Waals surface area (Å²) in [5.41, 5.74) is 1.31. The maximum Gasteiger partial charge on any atom is 0.244 e. The van der Waals surface area contributed by atoms with Crippen molar-refractivity contribution in [2.24, 2.45) is 0 Å². The van der Waals surface area contributed by atoms with Gasteiger partial charge in [0.1, 0.15) is 5.82 Å². The first-order valence-electron chi connectivity index (χ1n) is 8.42. The van der Waals surface area contributed by atoms with Crippen LogP contribution in [0.4, 0.5) is 4.39 Å². The van der Waals surface area contributed by atoms with E-state index in [0.29, 0.717) is 48.3 Å². The average molecular weight is 376 g/mol. The Morgan fingerprint density at radius 3 is 2.88 bits per heavy atom. The van der Waals surface area contributed by atoms with Crippen molar-refractivity contribution in [3.63, 3.8) is 0 Å². The summed E-state index contributed by atoms with van der Waals surface area (Å²) in [5, 5.41) is 3.18. The minimum absolute atomic E-state index is 0.260. The molecule has 0 aromatic heterocycles. The minimum atomic E-state index is -0.265. The van der Waals surface area contributed by atoms with E-state index >= 15 is 0 Å². The van der Waals surface area contributed by atoms with Crippen LogP contribution in [0.25, 0.3) is 6.08 Å². The highest BCUT2D eigenvalue weighted by Crippen LogP contribution is 2.38. The molecule has 4 nitrogen and oxygen atoms in total.